The maximum absolute atomic E-state index is 4.80. The minimum atomic E-state index is 0.146. The third kappa shape index (κ3) is 2.67. The Kier molecular flexibility index (Phi) is 3.22. The van der Waals surface area contributed by atoms with Gasteiger partial charge in [-0.3, -0.25) is 4.99 Å². The van der Waals surface area contributed by atoms with Crippen LogP contribution in [0.2, 0.25) is 0 Å². The first-order valence-corrected chi connectivity index (χ1v) is 6.56. The summed E-state index contributed by atoms with van der Waals surface area (Å²) in [5.41, 5.74) is 2.53. The van der Waals surface area contributed by atoms with Crippen molar-refractivity contribution in [1.29, 1.82) is 0 Å². The lowest BCUT2D eigenvalue weighted by Crippen LogP contribution is -1.98. The zero-order valence-corrected chi connectivity index (χ0v) is 10.4. The molecule has 3 rings (SSSR count). The van der Waals surface area contributed by atoms with Crippen molar-refractivity contribution in [1.82, 2.24) is 0 Å². The van der Waals surface area contributed by atoms with Crippen LogP contribution in [0.15, 0.2) is 65.7 Å². The molecule has 0 aliphatic heterocycles. The lowest BCUT2D eigenvalue weighted by molar-refractivity contribution is 0.870. The molecule has 1 nitrogen and oxygen atoms in total. The van der Waals surface area contributed by atoms with Crippen LogP contribution in [0.3, 0.4) is 0 Å². The van der Waals surface area contributed by atoms with Crippen LogP contribution in [0, 0.1) is 5.92 Å². The molecule has 1 aliphatic rings. The third-order valence-corrected chi connectivity index (χ3v) is 3.30. The Morgan fingerprint density at radius 3 is 1.78 bits per heavy atom. The van der Waals surface area contributed by atoms with Crippen LogP contribution in [0.4, 0.5) is 0 Å². The van der Waals surface area contributed by atoms with Gasteiger partial charge in [0.25, 0.3) is 0 Å². The summed E-state index contributed by atoms with van der Waals surface area (Å²) in [4.78, 5) is 4.80. The second-order valence-corrected chi connectivity index (χ2v) is 4.86. The number of hydrogen-bond donors (Lipinski definition) is 0. The summed E-state index contributed by atoms with van der Waals surface area (Å²) < 4.78 is 0. The largest absolute Gasteiger partial charge is 0.284 e. The Morgan fingerprint density at radius 2 is 1.33 bits per heavy atom. The molecule has 90 valence electrons. The van der Waals surface area contributed by atoms with Crippen LogP contribution in [0.1, 0.15) is 30.0 Å². The average molecular weight is 235 g/mol. The molecule has 0 bridgehead atoms. The van der Waals surface area contributed by atoms with E-state index in [0.717, 1.165) is 5.92 Å². The van der Waals surface area contributed by atoms with Gasteiger partial charge in [-0.15, -0.1) is 0 Å². The predicted octanol–water partition coefficient (Wildman–Crippen LogP) is 4.26. The first kappa shape index (κ1) is 11.2. The van der Waals surface area contributed by atoms with E-state index < -0.39 is 0 Å². The molecule has 2 aromatic rings. The molecule has 0 spiro atoms. The summed E-state index contributed by atoms with van der Waals surface area (Å²) in [6.45, 7) is 0. The molecule has 0 amide bonds. The fourth-order valence-corrected chi connectivity index (χ4v) is 2.09. The van der Waals surface area contributed by atoms with Gasteiger partial charge in [-0.2, -0.15) is 0 Å². The highest BCUT2D eigenvalue weighted by molar-refractivity contribution is 5.64. The van der Waals surface area contributed by atoms with Crippen LogP contribution >= 0.6 is 0 Å². The minimum absolute atomic E-state index is 0.146. The number of rotatable bonds is 4. The van der Waals surface area contributed by atoms with Gasteiger partial charge in [-0.05, 0) is 29.9 Å². The summed E-state index contributed by atoms with van der Waals surface area (Å²) in [6, 6.07) is 21.2. The van der Waals surface area contributed by atoms with E-state index in [1.165, 1.54) is 24.0 Å². The van der Waals surface area contributed by atoms with E-state index >= 15 is 0 Å². The molecular weight excluding hydrogens is 218 g/mol. The standard InChI is InChI=1S/C17H17N/c1-3-7-15(8-4-1)17(18-13-14-11-12-14)16-9-5-2-6-10-16/h1-10,13-14,17H,11-12H2. The number of nitrogens with zero attached hydrogens (tertiary/aromatic N) is 1. The summed E-state index contributed by atoms with van der Waals surface area (Å²) in [6.07, 6.45) is 4.75. The van der Waals surface area contributed by atoms with E-state index in [1.54, 1.807) is 0 Å². The number of hydrogen-bond acceptors (Lipinski definition) is 1. The maximum atomic E-state index is 4.80. The molecule has 0 N–H and O–H groups in total. The lowest BCUT2D eigenvalue weighted by atomic mass is 9.99. The van der Waals surface area contributed by atoms with Crippen LogP contribution in [0.25, 0.3) is 0 Å². The van der Waals surface area contributed by atoms with E-state index in [-0.39, 0.29) is 6.04 Å². The summed E-state index contributed by atoms with van der Waals surface area (Å²) >= 11 is 0. The van der Waals surface area contributed by atoms with E-state index in [9.17, 15) is 0 Å². The van der Waals surface area contributed by atoms with Gasteiger partial charge in [0.2, 0.25) is 0 Å². The van der Waals surface area contributed by atoms with Crippen LogP contribution in [-0.2, 0) is 0 Å². The summed E-state index contributed by atoms with van der Waals surface area (Å²) in [7, 11) is 0. The van der Waals surface area contributed by atoms with Crippen molar-refractivity contribution in [3.05, 3.63) is 71.8 Å². The van der Waals surface area contributed by atoms with Crippen molar-refractivity contribution >= 4 is 6.21 Å². The molecule has 1 heteroatoms. The predicted molar refractivity (Wildman–Crippen MR) is 75.9 cm³/mol. The topological polar surface area (TPSA) is 12.4 Å². The van der Waals surface area contributed by atoms with Gasteiger partial charge in [0, 0.05) is 6.21 Å². The molecule has 1 saturated carbocycles. The van der Waals surface area contributed by atoms with E-state index in [1.807, 2.05) is 0 Å². The Hall–Kier alpha value is -1.89. The molecule has 0 heterocycles. The van der Waals surface area contributed by atoms with Crippen molar-refractivity contribution in [3.63, 3.8) is 0 Å². The monoisotopic (exact) mass is 235 g/mol. The number of aliphatic imine (C=N–C) groups is 1. The zero-order chi connectivity index (χ0) is 12.2. The zero-order valence-electron chi connectivity index (χ0n) is 10.4. The highest BCUT2D eigenvalue weighted by Crippen LogP contribution is 2.30. The van der Waals surface area contributed by atoms with Crippen molar-refractivity contribution in [3.8, 4) is 0 Å². The van der Waals surface area contributed by atoms with Crippen LogP contribution in [-0.4, -0.2) is 6.21 Å². The Morgan fingerprint density at radius 1 is 0.833 bits per heavy atom. The smallest absolute Gasteiger partial charge is 0.0995 e. The molecule has 18 heavy (non-hydrogen) atoms. The fourth-order valence-electron chi connectivity index (χ4n) is 2.09. The first-order chi connectivity index (χ1) is 8.93. The maximum Gasteiger partial charge on any atom is 0.0995 e. The summed E-state index contributed by atoms with van der Waals surface area (Å²) in [5.74, 6) is 0.722. The van der Waals surface area contributed by atoms with Gasteiger partial charge in [-0.1, -0.05) is 60.7 Å². The second kappa shape index (κ2) is 5.18. The van der Waals surface area contributed by atoms with Gasteiger partial charge < -0.3 is 0 Å². The molecule has 0 radical (unpaired) electrons. The normalized spacial score (nSPS) is 15.4. The van der Waals surface area contributed by atoms with E-state index in [0.29, 0.717) is 0 Å². The fraction of sp³-hybridized carbons (Fsp3) is 0.235. The van der Waals surface area contributed by atoms with Gasteiger partial charge in [0.15, 0.2) is 0 Å². The van der Waals surface area contributed by atoms with Crippen molar-refractivity contribution in [2.24, 2.45) is 10.9 Å². The SMILES string of the molecule is C(=NC(c1ccccc1)c1ccccc1)C1CC1. The summed E-state index contributed by atoms with van der Waals surface area (Å²) in [5, 5.41) is 0. The quantitative estimate of drug-likeness (QED) is 0.702. The van der Waals surface area contributed by atoms with Gasteiger partial charge in [0.1, 0.15) is 0 Å². The van der Waals surface area contributed by atoms with Gasteiger partial charge in [-0.25, -0.2) is 0 Å². The Balaban J connectivity index is 1.93. The molecule has 0 atom stereocenters. The van der Waals surface area contributed by atoms with E-state index in [4.69, 9.17) is 4.99 Å². The lowest BCUT2D eigenvalue weighted by Gasteiger charge is -2.13. The van der Waals surface area contributed by atoms with E-state index in [2.05, 4.69) is 66.9 Å². The highest BCUT2D eigenvalue weighted by atomic mass is 14.8. The van der Waals surface area contributed by atoms with Crippen molar-refractivity contribution in [2.45, 2.75) is 18.9 Å². The first-order valence-electron chi connectivity index (χ1n) is 6.56. The number of benzene rings is 2. The van der Waals surface area contributed by atoms with Crippen LogP contribution in [0.5, 0.6) is 0 Å². The Bertz CT molecular complexity index is 472. The molecular formula is C17H17N. The van der Waals surface area contributed by atoms with Gasteiger partial charge >= 0.3 is 0 Å². The molecule has 0 unspecified atom stereocenters. The average Bonchev–Trinajstić information content (AvgIpc) is 3.26. The van der Waals surface area contributed by atoms with Crippen LogP contribution < -0.4 is 0 Å². The van der Waals surface area contributed by atoms with Crippen molar-refractivity contribution < 1.29 is 0 Å². The van der Waals surface area contributed by atoms with Crippen molar-refractivity contribution in [2.75, 3.05) is 0 Å². The Labute approximate surface area is 108 Å². The second-order valence-electron chi connectivity index (χ2n) is 4.86. The molecule has 0 aromatic heterocycles. The molecule has 1 fully saturated rings. The third-order valence-electron chi connectivity index (χ3n) is 3.30. The highest BCUT2D eigenvalue weighted by Gasteiger charge is 2.20. The van der Waals surface area contributed by atoms with Gasteiger partial charge in [0.05, 0.1) is 6.04 Å². The molecule has 0 saturated heterocycles. The molecule has 1 aliphatic carbocycles. The minimum Gasteiger partial charge on any atom is -0.284 e. The molecule has 2 aromatic carbocycles.